The fourth-order valence-corrected chi connectivity index (χ4v) is 13.8. The van der Waals surface area contributed by atoms with Crippen molar-refractivity contribution >= 4 is 70.9 Å². The molecule has 10 aromatic carbocycles. The summed E-state index contributed by atoms with van der Waals surface area (Å²) in [5.74, 6) is 1.71. The number of nitriles is 1. The molecule has 0 bridgehead atoms. The van der Waals surface area contributed by atoms with E-state index in [1.807, 2.05) is 36.4 Å². The number of imidazole rings is 1. The topological polar surface area (TPSA) is 65.1 Å². The Labute approximate surface area is 502 Å². The van der Waals surface area contributed by atoms with Crippen LogP contribution in [0.2, 0.25) is 0 Å². The Balaban J connectivity index is 0.942. The van der Waals surface area contributed by atoms with Crippen LogP contribution >= 0.6 is 0 Å². The minimum absolute atomic E-state index is 0.0774. The molecule has 0 amide bonds. The molecule has 15 aromatic rings. The second kappa shape index (κ2) is 19.2. The molecule has 0 unspecified atom stereocenters. The molecule has 0 aliphatic carbocycles. The zero-order chi connectivity index (χ0) is 59.8. The van der Waals surface area contributed by atoms with Gasteiger partial charge in [-0.05, 0) is 47.2 Å². The van der Waals surface area contributed by atoms with Gasteiger partial charge in [0.05, 0.1) is 28.2 Å². The summed E-state index contributed by atoms with van der Waals surface area (Å²) in [5.41, 5.74) is 17.3. The standard InChI is InChI=1S/C76H58N6O.Pt/c1-47-35-72(78-45-65(47)51-29-31-52(32-30-51)75(2,3)4)81-69-41-55(33-34-60(69)61-42-62-64-37-48(44-77)36-63-59-23-14-15-26-66(59)82(74(63)64)71(62)43-70(61)81)83-56-39-53(76(5,6)7)38-54(40-56)79-46-80(68-28-17-16-27-67(68)79)73-57(49-19-10-8-11-20-49)24-18-25-58(73)50-21-12-9-13-22-50;/h8-43,45H,1-7H3;/i1D3;. The SMILES string of the molecule is [2H]C([2H])([2H])c1cc(-n2c3cc(Oc4cc(-n5[c](=[Pt])n(-c6c(-c7ccccc7)cccc6-c6ccccc6)c6ccccc65)cc(C(C)(C)C)c4)ccc3c3cc4c5cc(C#N)cc6c7ccccc7n(c4cc32)c65)ncc1-c1ccc(C(C)(C)C)cc1. The van der Waals surface area contributed by atoms with E-state index in [0.29, 0.717) is 28.4 Å². The van der Waals surface area contributed by atoms with Gasteiger partial charge < -0.3 is 4.40 Å². The number of ether oxygens (including phenoxy) is 1. The van der Waals surface area contributed by atoms with Crippen LogP contribution in [0.15, 0.2) is 225 Å². The van der Waals surface area contributed by atoms with Gasteiger partial charge in [-0.25, -0.2) is 0 Å². The first-order valence-electron chi connectivity index (χ1n) is 29.9. The summed E-state index contributed by atoms with van der Waals surface area (Å²) in [5, 5.41) is 16.3. The summed E-state index contributed by atoms with van der Waals surface area (Å²) in [6.45, 7) is 10.7. The second-order valence-corrected chi connectivity index (χ2v) is 25.1. The van der Waals surface area contributed by atoms with Crippen LogP contribution in [0.3, 0.4) is 0 Å². The van der Waals surface area contributed by atoms with Gasteiger partial charge in [0.25, 0.3) is 0 Å². The molecule has 0 fully saturated rings. The summed E-state index contributed by atoms with van der Waals surface area (Å²) in [6.07, 6.45) is 1.72. The summed E-state index contributed by atoms with van der Waals surface area (Å²) < 4.78 is 44.4. The van der Waals surface area contributed by atoms with E-state index in [9.17, 15) is 5.26 Å². The monoisotopic (exact) mass is 1270 g/mol. The van der Waals surface area contributed by atoms with Crippen LogP contribution in [-0.2, 0) is 30.2 Å². The van der Waals surface area contributed by atoms with Crippen molar-refractivity contribution in [2.75, 3.05) is 0 Å². The van der Waals surface area contributed by atoms with Crippen LogP contribution in [0.1, 0.15) is 67.9 Å². The number of para-hydroxylation sites is 4. The minimum Gasteiger partial charge on any atom is -0.0579 e. The van der Waals surface area contributed by atoms with Crippen molar-refractivity contribution in [2.45, 2.75) is 59.2 Å². The number of fused-ring (bicyclic) bond motifs is 10. The third-order valence-electron chi connectivity index (χ3n) is 16.8. The predicted molar refractivity (Wildman–Crippen MR) is 342 cm³/mol. The number of pyridine rings is 1. The van der Waals surface area contributed by atoms with Gasteiger partial charge >= 0.3 is 320 Å². The number of rotatable bonds is 8. The van der Waals surface area contributed by atoms with Crippen molar-refractivity contribution in [3.63, 3.8) is 0 Å². The van der Waals surface area contributed by atoms with Crippen LogP contribution < -0.4 is 4.74 Å². The van der Waals surface area contributed by atoms with Gasteiger partial charge in [0.1, 0.15) is 0 Å². The molecule has 84 heavy (non-hydrogen) atoms. The maximum atomic E-state index is 10.4. The van der Waals surface area contributed by atoms with E-state index in [0.717, 1.165) is 125 Å². The number of benzene rings is 10. The van der Waals surface area contributed by atoms with E-state index in [1.165, 1.54) is 0 Å². The maximum absolute atomic E-state index is 10.4. The van der Waals surface area contributed by atoms with Crippen LogP contribution in [0.25, 0.3) is 122 Å². The molecule has 5 heterocycles. The van der Waals surface area contributed by atoms with Crippen molar-refractivity contribution in [3.8, 4) is 68.1 Å². The molecule has 408 valence electrons. The van der Waals surface area contributed by atoms with E-state index in [2.05, 4.69) is 261 Å². The Morgan fingerprint density at radius 2 is 1.06 bits per heavy atom. The van der Waals surface area contributed by atoms with Crippen molar-refractivity contribution in [2.24, 2.45) is 0 Å². The van der Waals surface area contributed by atoms with Crippen LogP contribution in [0.5, 0.6) is 11.5 Å². The van der Waals surface area contributed by atoms with Gasteiger partial charge in [0, 0.05) is 37.4 Å². The normalized spacial score (nSPS) is 13.0. The van der Waals surface area contributed by atoms with Crippen molar-refractivity contribution in [1.29, 1.82) is 5.26 Å². The second-order valence-electron chi connectivity index (χ2n) is 24.1. The van der Waals surface area contributed by atoms with Crippen LogP contribution in [-0.4, -0.2) is 23.1 Å². The molecular weight excluding hydrogens is 1210 g/mol. The summed E-state index contributed by atoms with van der Waals surface area (Å²) in [7, 11) is 0. The van der Waals surface area contributed by atoms with E-state index in [1.54, 1.807) is 12.3 Å². The Kier molecular flexibility index (Phi) is 11.0. The van der Waals surface area contributed by atoms with E-state index < -0.39 is 6.85 Å². The molecule has 0 saturated heterocycles. The summed E-state index contributed by atoms with van der Waals surface area (Å²) in [6, 6.07) is 78.3. The number of aryl methyl sites for hydroxylation is 1. The van der Waals surface area contributed by atoms with Gasteiger partial charge in [-0.15, -0.1) is 0 Å². The van der Waals surface area contributed by atoms with Gasteiger partial charge in [-0.2, -0.15) is 5.26 Å². The molecule has 5 aromatic heterocycles. The molecule has 0 radical (unpaired) electrons. The molecule has 0 aliphatic heterocycles. The van der Waals surface area contributed by atoms with Crippen molar-refractivity contribution in [3.05, 3.63) is 251 Å². The Hall–Kier alpha value is -9.60. The smallest absolute Gasteiger partial charge is 0.0579 e. The zero-order valence-corrected chi connectivity index (χ0v) is 49.5. The minimum atomic E-state index is -2.48. The number of nitrogens with zero attached hydrogens (tertiary/aromatic N) is 6. The molecule has 0 spiro atoms. The average molecular weight is 1270 g/mol. The molecular formula is C76H58N6OPt. The summed E-state index contributed by atoms with van der Waals surface area (Å²) in [4.78, 5) is 5.20. The third-order valence-corrected chi connectivity index (χ3v) is 17.9. The van der Waals surface area contributed by atoms with Gasteiger partial charge in [0.2, 0.25) is 0 Å². The number of hydrogen-bond acceptors (Lipinski definition) is 3. The van der Waals surface area contributed by atoms with E-state index >= 15 is 0 Å². The first-order chi connectivity index (χ1) is 41.9. The Morgan fingerprint density at radius 3 is 1.73 bits per heavy atom. The van der Waals surface area contributed by atoms with E-state index in [4.69, 9.17) is 13.8 Å². The first-order valence-corrected chi connectivity index (χ1v) is 29.5. The van der Waals surface area contributed by atoms with E-state index in [-0.39, 0.29) is 16.4 Å². The van der Waals surface area contributed by atoms with Crippen LogP contribution in [0.4, 0.5) is 0 Å². The Morgan fingerprint density at radius 1 is 0.464 bits per heavy atom. The molecule has 0 atom stereocenters. The van der Waals surface area contributed by atoms with Crippen molar-refractivity contribution < 1.29 is 28.2 Å². The zero-order valence-electron chi connectivity index (χ0n) is 50.3. The van der Waals surface area contributed by atoms with Gasteiger partial charge in [0.15, 0.2) is 0 Å². The fourth-order valence-electron chi connectivity index (χ4n) is 12.7. The predicted octanol–water partition coefficient (Wildman–Crippen LogP) is 19.7. The van der Waals surface area contributed by atoms with Gasteiger partial charge in [-0.3, -0.25) is 0 Å². The quantitative estimate of drug-likeness (QED) is 0.152. The molecule has 8 heteroatoms. The molecule has 0 saturated carbocycles. The van der Waals surface area contributed by atoms with Crippen LogP contribution in [0, 0.1) is 22.0 Å². The first kappa shape index (κ1) is 48.0. The third kappa shape index (κ3) is 8.18. The molecule has 0 aliphatic rings. The van der Waals surface area contributed by atoms with Crippen molar-refractivity contribution in [1.82, 2.24) is 23.1 Å². The Bertz CT molecular complexity index is 5340. The molecule has 15 rings (SSSR count). The average Bonchev–Trinajstić information content (AvgIpc) is 1.68. The number of hydrogen-bond donors (Lipinski definition) is 0. The molecule has 0 N–H and O–H groups in total. The fraction of sp³-hybridized carbons (Fsp3) is 0.118. The number of aromatic nitrogens is 5. The summed E-state index contributed by atoms with van der Waals surface area (Å²) >= 11 is 2.50. The van der Waals surface area contributed by atoms with Gasteiger partial charge in [-0.1, -0.05) is 63.2 Å². The molecule has 7 nitrogen and oxygen atoms in total.